The van der Waals surface area contributed by atoms with E-state index in [0.29, 0.717) is 32.7 Å². The quantitative estimate of drug-likeness (QED) is 0.398. The van der Waals surface area contributed by atoms with Crippen LogP contribution < -0.4 is 10.1 Å². The van der Waals surface area contributed by atoms with E-state index in [1.165, 1.54) is 11.3 Å². The van der Waals surface area contributed by atoms with Crippen LogP contribution in [0, 0.1) is 6.92 Å². The summed E-state index contributed by atoms with van der Waals surface area (Å²) in [5.74, 6) is 0.330. The highest BCUT2D eigenvalue weighted by atomic mass is 32.1. The number of aryl methyl sites for hydroxylation is 1. The Balaban J connectivity index is 1.30. The molecule has 0 spiro atoms. The standard InChI is InChI=1S/C24H19N3O4S/c1-16-22(32-23(26-16)20-9-5-6-14-25-20)24(29)30-15-21(28)27-17-10-12-19(13-11-17)31-18-7-3-2-4-8-18/h2-14H,15H2,1H3,(H,27,28). The van der Waals surface area contributed by atoms with Crippen molar-refractivity contribution in [1.82, 2.24) is 9.97 Å². The molecule has 8 heteroatoms. The van der Waals surface area contributed by atoms with E-state index in [-0.39, 0.29) is 0 Å². The number of ether oxygens (including phenoxy) is 2. The lowest BCUT2D eigenvalue weighted by atomic mass is 10.3. The van der Waals surface area contributed by atoms with E-state index in [0.717, 1.165) is 5.75 Å². The van der Waals surface area contributed by atoms with E-state index >= 15 is 0 Å². The van der Waals surface area contributed by atoms with E-state index in [9.17, 15) is 9.59 Å². The van der Waals surface area contributed by atoms with E-state index in [1.54, 1.807) is 37.4 Å². The number of carbonyl (C=O) groups is 2. The number of esters is 1. The first-order valence-electron chi connectivity index (χ1n) is 9.77. The fourth-order valence-electron chi connectivity index (χ4n) is 2.81. The van der Waals surface area contributed by atoms with Crippen LogP contribution in [0.1, 0.15) is 15.4 Å². The molecule has 0 aliphatic rings. The fourth-order valence-corrected chi connectivity index (χ4v) is 3.75. The van der Waals surface area contributed by atoms with Gasteiger partial charge in [0.1, 0.15) is 21.4 Å². The van der Waals surface area contributed by atoms with Gasteiger partial charge in [0.25, 0.3) is 5.91 Å². The number of nitrogens with zero attached hydrogens (tertiary/aromatic N) is 2. The molecular formula is C24H19N3O4S. The maximum absolute atomic E-state index is 12.4. The van der Waals surface area contributed by atoms with Gasteiger partial charge in [0.15, 0.2) is 6.61 Å². The molecule has 2 aromatic heterocycles. The molecule has 0 radical (unpaired) electrons. The third-order valence-corrected chi connectivity index (χ3v) is 5.48. The van der Waals surface area contributed by atoms with Gasteiger partial charge in [0.05, 0.1) is 11.4 Å². The first-order valence-corrected chi connectivity index (χ1v) is 10.6. The summed E-state index contributed by atoms with van der Waals surface area (Å²) in [5.41, 5.74) is 1.78. The minimum absolute atomic E-state index is 0.348. The zero-order valence-electron chi connectivity index (χ0n) is 17.1. The Morgan fingerprint density at radius 2 is 1.66 bits per heavy atom. The Morgan fingerprint density at radius 3 is 2.38 bits per heavy atom. The van der Waals surface area contributed by atoms with Crippen LogP contribution in [0.5, 0.6) is 11.5 Å². The highest BCUT2D eigenvalue weighted by molar-refractivity contribution is 7.17. The van der Waals surface area contributed by atoms with Crippen LogP contribution >= 0.6 is 11.3 Å². The number of carbonyl (C=O) groups excluding carboxylic acids is 2. The van der Waals surface area contributed by atoms with E-state index in [1.807, 2.05) is 48.5 Å². The second-order valence-corrected chi connectivity index (χ2v) is 7.71. The molecule has 0 unspecified atom stereocenters. The number of hydrogen-bond donors (Lipinski definition) is 1. The van der Waals surface area contributed by atoms with Crippen molar-refractivity contribution in [3.8, 4) is 22.2 Å². The number of nitrogens with one attached hydrogen (secondary N) is 1. The third kappa shape index (κ3) is 5.35. The van der Waals surface area contributed by atoms with Crippen LogP contribution in [0.3, 0.4) is 0 Å². The number of hydrogen-bond acceptors (Lipinski definition) is 7. The summed E-state index contributed by atoms with van der Waals surface area (Å²) in [7, 11) is 0. The van der Waals surface area contributed by atoms with Crippen molar-refractivity contribution in [2.75, 3.05) is 11.9 Å². The smallest absolute Gasteiger partial charge is 0.350 e. The molecule has 0 fully saturated rings. The Bertz CT molecular complexity index is 1210. The maximum atomic E-state index is 12.4. The van der Waals surface area contributed by atoms with Crippen LogP contribution in [0.4, 0.5) is 5.69 Å². The lowest BCUT2D eigenvalue weighted by molar-refractivity contribution is -0.119. The van der Waals surface area contributed by atoms with E-state index in [2.05, 4.69) is 15.3 Å². The van der Waals surface area contributed by atoms with Crippen molar-refractivity contribution >= 4 is 28.9 Å². The van der Waals surface area contributed by atoms with Gasteiger partial charge in [-0.15, -0.1) is 11.3 Å². The predicted octanol–water partition coefficient (Wildman–Crippen LogP) is 5.10. The van der Waals surface area contributed by atoms with Gasteiger partial charge in [0.2, 0.25) is 0 Å². The number of pyridine rings is 1. The molecule has 2 heterocycles. The summed E-state index contributed by atoms with van der Waals surface area (Å²) >= 11 is 1.18. The van der Waals surface area contributed by atoms with Crippen LogP contribution in [-0.2, 0) is 9.53 Å². The molecule has 0 saturated carbocycles. The largest absolute Gasteiger partial charge is 0.457 e. The summed E-state index contributed by atoms with van der Waals surface area (Å²) in [6.07, 6.45) is 1.66. The maximum Gasteiger partial charge on any atom is 0.350 e. The van der Waals surface area contributed by atoms with Gasteiger partial charge in [-0.05, 0) is 55.5 Å². The van der Waals surface area contributed by atoms with Crippen molar-refractivity contribution in [2.24, 2.45) is 0 Å². The average Bonchev–Trinajstić information content (AvgIpc) is 3.22. The SMILES string of the molecule is Cc1nc(-c2ccccn2)sc1C(=O)OCC(=O)Nc1ccc(Oc2ccccc2)cc1. The second-order valence-electron chi connectivity index (χ2n) is 6.71. The number of para-hydroxylation sites is 1. The van der Waals surface area contributed by atoms with E-state index < -0.39 is 18.5 Å². The molecule has 4 aromatic rings. The summed E-state index contributed by atoms with van der Waals surface area (Å²) in [6, 6.07) is 21.8. The molecule has 4 rings (SSSR count). The molecule has 0 aliphatic heterocycles. The van der Waals surface area contributed by atoms with Crippen molar-refractivity contribution in [3.63, 3.8) is 0 Å². The molecule has 7 nitrogen and oxygen atoms in total. The Morgan fingerprint density at radius 1 is 0.938 bits per heavy atom. The first kappa shape index (κ1) is 21.2. The molecule has 1 N–H and O–H groups in total. The lowest BCUT2D eigenvalue weighted by Crippen LogP contribution is -2.20. The Kier molecular flexibility index (Phi) is 6.52. The van der Waals surface area contributed by atoms with Crippen LogP contribution in [0.25, 0.3) is 10.7 Å². The molecule has 0 bridgehead atoms. The summed E-state index contributed by atoms with van der Waals surface area (Å²) in [5, 5.41) is 3.31. The predicted molar refractivity (Wildman–Crippen MR) is 122 cm³/mol. The van der Waals surface area contributed by atoms with Crippen molar-refractivity contribution in [1.29, 1.82) is 0 Å². The minimum Gasteiger partial charge on any atom is -0.457 e. The van der Waals surface area contributed by atoms with E-state index in [4.69, 9.17) is 9.47 Å². The zero-order chi connectivity index (χ0) is 22.3. The Hall–Kier alpha value is -4.04. The average molecular weight is 446 g/mol. The molecule has 1 amide bonds. The number of anilines is 1. The Labute approximate surface area is 188 Å². The summed E-state index contributed by atoms with van der Waals surface area (Å²) in [6.45, 7) is 1.32. The number of aromatic nitrogens is 2. The van der Waals surface area contributed by atoms with Crippen LogP contribution in [-0.4, -0.2) is 28.5 Å². The van der Waals surface area contributed by atoms with Crippen molar-refractivity contribution < 1.29 is 19.1 Å². The molecule has 0 atom stereocenters. The summed E-state index contributed by atoms with van der Waals surface area (Å²) in [4.78, 5) is 33.6. The molecule has 0 aliphatic carbocycles. The molecule has 32 heavy (non-hydrogen) atoms. The molecular weight excluding hydrogens is 426 g/mol. The summed E-state index contributed by atoms with van der Waals surface area (Å²) < 4.78 is 10.9. The minimum atomic E-state index is -0.594. The highest BCUT2D eigenvalue weighted by Gasteiger charge is 2.19. The molecule has 2 aromatic carbocycles. The van der Waals surface area contributed by atoms with Gasteiger partial charge in [-0.25, -0.2) is 9.78 Å². The monoisotopic (exact) mass is 445 g/mol. The second kappa shape index (κ2) is 9.84. The number of rotatable bonds is 7. The van der Waals surface area contributed by atoms with Gasteiger partial charge in [0, 0.05) is 11.9 Å². The zero-order valence-corrected chi connectivity index (χ0v) is 18.0. The number of thiazole rings is 1. The highest BCUT2D eigenvalue weighted by Crippen LogP contribution is 2.27. The van der Waals surface area contributed by atoms with Gasteiger partial charge in [-0.1, -0.05) is 24.3 Å². The van der Waals surface area contributed by atoms with Gasteiger partial charge in [-0.3, -0.25) is 9.78 Å². The molecule has 160 valence electrons. The normalized spacial score (nSPS) is 10.4. The first-order chi connectivity index (χ1) is 15.6. The van der Waals surface area contributed by atoms with Crippen LogP contribution in [0.15, 0.2) is 79.0 Å². The van der Waals surface area contributed by atoms with Crippen LogP contribution in [0.2, 0.25) is 0 Å². The molecule has 0 saturated heterocycles. The third-order valence-electron chi connectivity index (χ3n) is 4.32. The number of benzene rings is 2. The lowest BCUT2D eigenvalue weighted by Gasteiger charge is -2.08. The fraction of sp³-hybridized carbons (Fsp3) is 0.0833. The van der Waals surface area contributed by atoms with Gasteiger partial charge < -0.3 is 14.8 Å². The van der Waals surface area contributed by atoms with Crippen molar-refractivity contribution in [3.05, 3.63) is 89.6 Å². The van der Waals surface area contributed by atoms with Gasteiger partial charge >= 0.3 is 5.97 Å². The van der Waals surface area contributed by atoms with Gasteiger partial charge in [-0.2, -0.15) is 0 Å². The topological polar surface area (TPSA) is 90.4 Å². The number of amides is 1. The van der Waals surface area contributed by atoms with Crippen molar-refractivity contribution in [2.45, 2.75) is 6.92 Å².